The van der Waals surface area contributed by atoms with Crippen LogP contribution in [0.3, 0.4) is 0 Å². The number of anilines is 1. The molecule has 1 aromatic heterocycles. The molecule has 8 heteroatoms. The van der Waals surface area contributed by atoms with E-state index >= 15 is 0 Å². The summed E-state index contributed by atoms with van der Waals surface area (Å²) in [6.45, 7) is 4.26. The van der Waals surface area contributed by atoms with Crippen molar-refractivity contribution in [3.8, 4) is 11.1 Å². The van der Waals surface area contributed by atoms with Gasteiger partial charge in [0.05, 0.1) is 11.7 Å². The van der Waals surface area contributed by atoms with Gasteiger partial charge in [0, 0.05) is 55.2 Å². The second-order valence-corrected chi connectivity index (χ2v) is 12.2. The molecule has 3 atom stereocenters. The van der Waals surface area contributed by atoms with Crippen LogP contribution < -0.4 is 11.1 Å². The predicted molar refractivity (Wildman–Crippen MR) is 143 cm³/mol. The number of hydrogen-bond donors (Lipinski definition) is 3. The van der Waals surface area contributed by atoms with Gasteiger partial charge in [-0.05, 0) is 67.6 Å². The van der Waals surface area contributed by atoms with Gasteiger partial charge >= 0.3 is 0 Å². The standard InChI is InChI=1S/C30H38F2N4O2/c1-18-26-16-36(23-10-12-29(31,32)13-11-23)17-30(18,26)21-4-2-19(3-5-21)20-14-25(27(33)34-15-20)28(38)35-22-6-8-24(37)9-7-22/h2-5,14-15,18,22-24,26,37H,6-13,16-17H2,1H3,(H2,33,34)(H,35,38)/t18?,22?,24?,26-,30+/m1/s1. The predicted octanol–water partition coefficient (Wildman–Crippen LogP) is 4.76. The van der Waals surface area contributed by atoms with Gasteiger partial charge in [-0.2, -0.15) is 0 Å². The summed E-state index contributed by atoms with van der Waals surface area (Å²) in [7, 11) is 0. The van der Waals surface area contributed by atoms with E-state index < -0.39 is 5.92 Å². The first-order valence-electron chi connectivity index (χ1n) is 14.1. The van der Waals surface area contributed by atoms with Gasteiger partial charge in [-0.25, -0.2) is 13.8 Å². The SMILES string of the molecule is CC1[C@H]2CN(C3CCC(F)(F)CC3)C[C@@]12c1ccc(-c2cnc(N)c(C(=O)NC3CCC(O)CC3)c2)cc1. The highest BCUT2D eigenvalue weighted by molar-refractivity contribution is 5.99. The Labute approximate surface area is 223 Å². The number of likely N-dealkylation sites (tertiary alicyclic amines) is 1. The molecule has 6 rings (SSSR count). The smallest absolute Gasteiger partial charge is 0.255 e. The van der Waals surface area contributed by atoms with E-state index in [0.717, 1.165) is 37.1 Å². The summed E-state index contributed by atoms with van der Waals surface area (Å²) in [5.41, 5.74) is 9.67. The molecule has 1 aliphatic heterocycles. The summed E-state index contributed by atoms with van der Waals surface area (Å²) in [5.74, 6) is -1.35. The molecule has 2 heterocycles. The normalized spacial score (nSPS) is 33.1. The van der Waals surface area contributed by atoms with Gasteiger partial charge in [0.1, 0.15) is 5.82 Å². The zero-order valence-electron chi connectivity index (χ0n) is 22.0. The number of carbonyl (C=O) groups is 1. The number of nitrogen functional groups attached to an aromatic ring is 1. The number of carbonyl (C=O) groups excluding carboxylic acids is 1. The first kappa shape index (κ1) is 25.7. The minimum atomic E-state index is -2.49. The number of fused-ring (bicyclic) bond motifs is 1. The number of nitrogens with two attached hydrogens (primary N) is 1. The van der Waals surface area contributed by atoms with Crippen molar-refractivity contribution in [2.45, 2.75) is 87.8 Å². The van der Waals surface area contributed by atoms with Crippen LogP contribution in [0.4, 0.5) is 14.6 Å². The summed E-state index contributed by atoms with van der Waals surface area (Å²) < 4.78 is 27.4. The third-order valence-electron chi connectivity index (χ3n) is 10.0. The molecule has 0 bridgehead atoms. The van der Waals surface area contributed by atoms with E-state index in [0.29, 0.717) is 43.1 Å². The Morgan fingerprint density at radius 3 is 2.45 bits per heavy atom. The number of nitrogens with zero attached hydrogens (tertiary/aromatic N) is 2. The van der Waals surface area contributed by atoms with Gasteiger partial charge in [-0.1, -0.05) is 31.2 Å². The molecule has 2 aromatic rings. The molecule has 3 aliphatic carbocycles. The molecule has 4 N–H and O–H groups in total. The van der Waals surface area contributed by atoms with Gasteiger partial charge in [0.25, 0.3) is 5.91 Å². The van der Waals surface area contributed by atoms with Crippen molar-refractivity contribution in [1.29, 1.82) is 0 Å². The van der Waals surface area contributed by atoms with E-state index in [2.05, 4.69) is 46.4 Å². The number of hydrogen-bond acceptors (Lipinski definition) is 5. The summed E-state index contributed by atoms with van der Waals surface area (Å²) in [6.07, 6.45) is 5.53. The summed E-state index contributed by atoms with van der Waals surface area (Å²) >= 11 is 0. The minimum absolute atomic E-state index is 0.00943. The lowest BCUT2D eigenvalue weighted by Gasteiger charge is -2.36. The van der Waals surface area contributed by atoms with E-state index in [1.54, 1.807) is 12.3 Å². The Bertz CT molecular complexity index is 1190. The molecule has 1 aromatic carbocycles. The Morgan fingerprint density at radius 1 is 1.08 bits per heavy atom. The molecule has 1 saturated heterocycles. The molecular formula is C30H38F2N4O2. The Morgan fingerprint density at radius 2 is 1.76 bits per heavy atom. The highest BCUT2D eigenvalue weighted by Gasteiger charge is 2.67. The van der Waals surface area contributed by atoms with Gasteiger partial charge < -0.3 is 16.2 Å². The molecule has 4 fully saturated rings. The minimum Gasteiger partial charge on any atom is -0.393 e. The molecule has 204 valence electrons. The summed E-state index contributed by atoms with van der Waals surface area (Å²) in [5, 5.41) is 12.8. The van der Waals surface area contributed by atoms with Gasteiger partial charge in [-0.15, -0.1) is 0 Å². The van der Waals surface area contributed by atoms with Crippen molar-refractivity contribution in [3.05, 3.63) is 47.7 Å². The molecule has 1 amide bonds. The third kappa shape index (κ3) is 4.60. The number of alkyl halides is 2. The van der Waals surface area contributed by atoms with Crippen LogP contribution in [0, 0.1) is 11.8 Å². The highest BCUT2D eigenvalue weighted by atomic mass is 19.3. The van der Waals surface area contributed by atoms with Crippen molar-refractivity contribution >= 4 is 11.7 Å². The van der Waals surface area contributed by atoms with Crippen molar-refractivity contribution in [3.63, 3.8) is 0 Å². The average molecular weight is 525 g/mol. The number of benzene rings is 1. The fourth-order valence-corrected chi connectivity index (χ4v) is 7.47. The van der Waals surface area contributed by atoms with E-state index in [1.165, 1.54) is 5.56 Å². The van der Waals surface area contributed by atoms with Crippen molar-refractivity contribution in [2.24, 2.45) is 11.8 Å². The summed E-state index contributed by atoms with van der Waals surface area (Å²) in [4.78, 5) is 19.7. The van der Waals surface area contributed by atoms with Crippen LogP contribution in [0.2, 0.25) is 0 Å². The number of aliphatic hydroxyl groups is 1. The number of nitrogens with one attached hydrogen (secondary N) is 1. The maximum atomic E-state index is 13.7. The quantitative estimate of drug-likeness (QED) is 0.525. The van der Waals surface area contributed by atoms with E-state index in [1.807, 2.05) is 0 Å². The average Bonchev–Trinajstić information content (AvgIpc) is 3.25. The van der Waals surface area contributed by atoms with Crippen molar-refractivity contribution in [1.82, 2.24) is 15.2 Å². The molecular weight excluding hydrogens is 486 g/mol. The lowest BCUT2D eigenvalue weighted by Crippen LogP contribution is -2.42. The number of halogens is 2. The zero-order valence-corrected chi connectivity index (χ0v) is 22.0. The van der Waals surface area contributed by atoms with Crippen LogP contribution in [-0.2, 0) is 5.41 Å². The first-order valence-corrected chi connectivity index (χ1v) is 14.1. The maximum Gasteiger partial charge on any atom is 0.255 e. The van der Waals surface area contributed by atoms with Crippen LogP contribution in [0.25, 0.3) is 11.1 Å². The molecule has 0 radical (unpaired) electrons. The largest absolute Gasteiger partial charge is 0.393 e. The Hall–Kier alpha value is -2.58. The lowest BCUT2D eigenvalue weighted by atomic mass is 9.89. The molecule has 3 saturated carbocycles. The molecule has 0 spiro atoms. The highest BCUT2D eigenvalue weighted by Crippen LogP contribution is 2.64. The molecule has 1 unspecified atom stereocenters. The van der Waals surface area contributed by atoms with Crippen LogP contribution >= 0.6 is 0 Å². The van der Waals surface area contributed by atoms with Crippen molar-refractivity contribution in [2.75, 3.05) is 18.8 Å². The lowest BCUT2D eigenvalue weighted by molar-refractivity contribution is -0.0530. The second-order valence-electron chi connectivity index (χ2n) is 12.2. The fourth-order valence-electron chi connectivity index (χ4n) is 7.47. The maximum absolute atomic E-state index is 13.7. The Balaban J connectivity index is 1.15. The third-order valence-corrected chi connectivity index (χ3v) is 10.0. The van der Waals surface area contributed by atoms with Gasteiger partial charge in [-0.3, -0.25) is 9.69 Å². The van der Waals surface area contributed by atoms with E-state index in [9.17, 15) is 18.7 Å². The zero-order chi connectivity index (χ0) is 26.7. The molecule has 38 heavy (non-hydrogen) atoms. The summed E-state index contributed by atoms with van der Waals surface area (Å²) in [6, 6.07) is 10.7. The Kier molecular flexibility index (Phi) is 6.46. The fraction of sp³-hybridized carbons (Fsp3) is 0.600. The van der Waals surface area contributed by atoms with Crippen LogP contribution in [0.5, 0.6) is 0 Å². The molecule has 6 nitrogen and oxygen atoms in total. The van der Waals surface area contributed by atoms with Crippen molar-refractivity contribution < 1.29 is 18.7 Å². The van der Waals surface area contributed by atoms with Gasteiger partial charge in [0.2, 0.25) is 5.92 Å². The van der Waals surface area contributed by atoms with Crippen LogP contribution in [-0.4, -0.2) is 58.1 Å². The number of pyridine rings is 1. The second kappa shape index (κ2) is 9.56. The number of amides is 1. The number of piperidine rings is 1. The van der Waals surface area contributed by atoms with E-state index in [4.69, 9.17) is 5.73 Å². The van der Waals surface area contributed by atoms with Gasteiger partial charge in [0.15, 0.2) is 0 Å². The number of aromatic nitrogens is 1. The number of aliphatic hydroxyl groups excluding tert-OH is 1. The topological polar surface area (TPSA) is 91.5 Å². The number of rotatable bonds is 5. The van der Waals surface area contributed by atoms with Crippen LogP contribution in [0.1, 0.15) is 74.2 Å². The molecule has 4 aliphatic rings. The van der Waals surface area contributed by atoms with E-state index in [-0.39, 0.29) is 48.2 Å². The van der Waals surface area contributed by atoms with Crippen LogP contribution in [0.15, 0.2) is 36.5 Å². The first-order chi connectivity index (χ1) is 18.2. The monoisotopic (exact) mass is 524 g/mol.